The summed E-state index contributed by atoms with van der Waals surface area (Å²) >= 11 is 6.95. The van der Waals surface area contributed by atoms with Crippen LogP contribution in [0.15, 0.2) is 17.3 Å². The first-order valence-electron chi connectivity index (χ1n) is 9.75. The Morgan fingerprint density at radius 1 is 1.28 bits per heavy atom. The zero-order valence-corrected chi connectivity index (χ0v) is 17.6. The molecule has 1 amide bonds. The van der Waals surface area contributed by atoms with Gasteiger partial charge in [-0.1, -0.05) is 42.6 Å². The molecule has 0 spiro atoms. The number of alkyl halides is 3. The number of carbonyl (C=O) groups excluding carboxylic acids is 1. The van der Waals surface area contributed by atoms with Gasteiger partial charge in [-0.3, -0.25) is 9.69 Å². The molecule has 162 valence electrons. The highest BCUT2D eigenvalue weighted by atomic mass is 35.5. The van der Waals surface area contributed by atoms with Crippen LogP contribution in [0.4, 0.5) is 13.2 Å². The van der Waals surface area contributed by atoms with Crippen molar-refractivity contribution in [1.29, 1.82) is 0 Å². The topological polar surface area (TPSA) is 54.5 Å². The lowest BCUT2D eigenvalue weighted by Gasteiger charge is -2.48. The summed E-state index contributed by atoms with van der Waals surface area (Å²) in [5, 5.41) is 3.14. The zero-order chi connectivity index (χ0) is 20.9. The van der Waals surface area contributed by atoms with Gasteiger partial charge in [0.05, 0.1) is 29.6 Å². The molecule has 3 rings (SSSR count). The standard InChI is InChI=1S/C19H25ClF3N3O2S/c20-15-10-14(19(21,22)23)11-24-17(15)29-12-16(27)25-13-18(4-2-1-3-5-18)26-6-8-28-9-7-26/h10-11H,1-9,12-13H2,(H,25,27). The summed E-state index contributed by atoms with van der Waals surface area (Å²) in [4.78, 5) is 18.6. The minimum Gasteiger partial charge on any atom is -0.379 e. The minimum absolute atomic E-state index is 0.0351. The van der Waals surface area contributed by atoms with Crippen molar-refractivity contribution in [3.8, 4) is 0 Å². The number of thioether (sulfide) groups is 1. The van der Waals surface area contributed by atoms with Gasteiger partial charge in [0, 0.05) is 31.4 Å². The molecule has 0 radical (unpaired) electrons. The Labute approximate surface area is 177 Å². The van der Waals surface area contributed by atoms with Gasteiger partial charge in [-0.25, -0.2) is 4.98 Å². The molecule has 2 heterocycles. The fourth-order valence-corrected chi connectivity index (χ4v) is 5.01. The van der Waals surface area contributed by atoms with E-state index in [9.17, 15) is 18.0 Å². The molecule has 0 atom stereocenters. The van der Waals surface area contributed by atoms with E-state index in [4.69, 9.17) is 16.3 Å². The number of nitrogens with one attached hydrogen (secondary N) is 1. The van der Waals surface area contributed by atoms with Crippen LogP contribution in [0.1, 0.15) is 37.7 Å². The number of nitrogens with zero attached hydrogens (tertiary/aromatic N) is 2. The maximum absolute atomic E-state index is 12.7. The molecular formula is C19H25ClF3N3O2S. The first-order chi connectivity index (χ1) is 13.8. The van der Waals surface area contributed by atoms with Crippen molar-refractivity contribution in [2.75, 3.05) is 38.6 Å². The smallest absolute Gasteiger partial charge is 0.379 e. The van der Waals surface area contributed by atoms with E-state index in [1.807, 2.05) is 0 Å². The van der Waals surface area contributed by atoms with Crippen LogP contribution in [-0.2, 0) is 15.7 Å². The van der Waals surface area contributed by atoms with Crippen LogP contribution in [-0.4, -0.2) is 59.9 Å². The quantitative estimate of drug-likeness (QED) is 0.662. The molecule has 10 heteroatoms. The highest BCUT2D eigenvalue weighted by Crippen LogP contribution is 2.35. The lowest BCUT2D eigenvalue weighted by atomic mass is 9.79. The summed E-state index contributed by atoms with van der Waals surface area (Å²) in [6, 6.07) is 0.838. The van der Waals surface area contributed by atoms with Crippen LogP contribution in [0.2, 0.25) is 5.02 Å². The number of aromatic nitrogens is 1. The van der Waals surface area contributed by atoms with Gasteiger partial charge >= 0.3 is 6.18 Å². The molecular weight excluding hydrogens is 427 g/mol. The summed E-state index contributed by atoms with van der Waals surface area (Å²) in [6.45, 7) is 3.74. The highest BCUT2D eigenvalue weighted by molar-refractivity contribution is 8.00. The molecule has 0 bridgehead atoms. The molecule has 1 aromatic heterocycles. The van der Waals surface area contributed by atoms with Crippen LogP contribution in [0.3, 0.4) is 0 Å². The zero-order valence-electron chi connectivity index (χ0n) is 16.1. The third kappa shape index (κ3) is 5.99. The molecule has 1 aliphatic carbocycles. The van der Waals surface area contributed by atoms with Crippen LogP contribution in [0, 0.1) is 0 Å². The van der Waals surface area contributed by atoms with Gasteiger partial charge in [-0.15, -0.1) is 0 Å². The van der Waals surface area contributed by atoms with E-state index in [-0.39, 0.29) is 27.2 Å². The maximum Gasteiger partial charge on any atom is 0.417 e. The first kappa shape index (κ1) is 22.7. The van der Waals surface area contributed by atoms with E-state index < -0.39 is 11.7 Å². The van der Waals surface area contributed by atoms with E-state index >= 15 is 0 Å². The van der Waals surface area contributed by atoms with Crippen molar-refractivity contribution in [3.05, 3.63) is 22.8 Å². The minimum atomic E-state index is -4.50. The molecule has 1 aromatic rings. The Kier molecular flexibility index (Phi) is 7.69. The Hall–Kier alpha value is -1.03. The van der Waals surface area contributed by atoms with Crippen molar-refractivity contribution in [3.63, 3.8) is 0 Å². The Bertz CT molecular complexity index is 708. The van der Waals surface area contributed by atoms with Crippen molar-refractivity contribution in [1.82, 2.24) is 15.2 Å². The van der Waals surface area contributed by atoms with Crippen molar-refractivity contribution < 1.29 is 22.7 Å². The summed E-state index contributed by atoms with van der Waals surface area (Å²) in [7, 11) is 0. The van der Waals surface area contributed by atoms with Crippen LogP contribution >= 0.6 is 23.4 Å². The number of pyridine rings is 1. The van der Waals surface area contributed by atoms with Gasteiger partial charge < -0.3 is 10.1 Å². The van der Waals surface area contributed by atoms with Gasteiger partial charge in [0.25, 0.3) is 0 Å². The molecule has 0 unspecified atom stereocenters. The number of rotatable bonds is 6. The molecule has 1 aliphatic heterocycles. The molecule has 29 heavy (non-hydrogen) atoms. The number of ether oxygens (including phenoxy) is 1. The average Bonchev–Trinajstić information content (AvgIpc) is 2.72. The predicted octanol–water partition coefficient (Wildman–Crippen LogP) is 4.00. The van der Waals surface area contributed by atoms with Gasteiger partial charge in [0.1, 0.15) is 5.03 Å². The Morgan fingerprint density at radius 3 is 2.59 bits per heavy atom. The second-order valence-corrected chi connectivity index (χ2v) is 8.83. The average molecular weight is 452 g/mol. The van der Waals surface area contributed by atoms with E-state index in [0.29, 0.717) is 19.8 Å². The summed E-state index contributed by atoms with van der Waals surface area (Å²) in [5.74, 6) is -0.122. The summed E-state index contributed by atoms with van der Waals surface area (Å²) in [6.07, 6.45) is 1.85. The number of amides is 1. The van der Waals surface area contributed by atoms with E-state index in [0.717, 1.165) is 62.8 Å². The van der Waals surface area contributed by atoms with Crippen LogP contribution in [0.25, 0.3) is 0 Å². The lowest BCUT2D eigenvalue weighted by molar-refractivity contribution is -0.137. The molecule has 2 aliphatic rings. The van der Waals surface area contributed by atoms with E-state index in [1.165, 1.54) is 6.42 Å². The summed E-state index contributed by atoms with van der Waals surface area (Å²) in [5.41, 5.74) is -0.937. The van der Waals surface area contributed by atoms with Crippen molar-refractivity contribution >= 4 is 29.3 Å². The number of hydrogen-bond donors (Lipinski definition) is 1. The van der Waals surface area contributed by atoms with E-state index in [2.05, 4.69) is 15.2 Å². The number of carbonyl (C=O) groups is 1. The number of hydrogen-bond acceptors (Lipinski definition) is 5. The van der Waals surface area contributed by atoms with Crippen LogP contribution < -0.4 is 5.32 Å². The maximum atomic E-state index is 12.7. The van der Waals surface area contributed by atoms with Crippen LogP contribution in [0.5, 0.6) is 0 Å². The second kappa shape index (κ2) is 9.85. The first-order valence-corrected chi connectivity index (χ1v) is 11.1. The molecule has 1 N–H and O–H groups in total. The largest absolute Gasteiger partial charge is 0.417 e. The normalized spacial score (nSPS) is 20.4. The fraction of sp³-hybridized carbons (Fsp3) is 0.684. The van der Waals surface area contributed by atoms with Crippen molar-refractivity contribution in [2.24, 2.45) is 0 Å². The Morgan fingerprint density at radius 2 is 1.97 bits per heavy atom. The van der Waals surface area contributed by atoms with Gasteiger partial charge in [0.2, 0.25) is 5.91 Å². The molecule has 0 aromatic carbocycles. The predicted molar refractivity (Wildman–Crippen MR) is 106 cm³/mol. The van der Waals surface area contributed by atoms with Gasteiger partial charge in [0.15, 0.2) is 0 Å². The fourth-order valence-electron chi connectivity index (χ4n) is 3.99. The monoisotopic (exact) mass is 451 g/mol. The van der Waals surface area contributed by atoms with Crippen molar-refractivity contribution in [2.45, 2.75) is 48.8 Å². The lowest BCUT2D eigenvalue weighted by Crippen LogP contribution is -2.59. The SMILES string of the molecule is O=C(CSc1ncc(C(F)(F)F)cc1Cl)NCC1(N2CCOCC2)CCCCC1. The molecule has 1 saturated heterocycles. The third-order valence-corrected chi connectivity index (χ3v) is 6.96. The second-order valence-electron chi connectivity index (χ2n) is 7.46. The molecule has 1 saturated carbocycles. The Balaban J connectivity index is 1.54. The number of morpholine rings is 1. The summed E-state index contributed by atoms with van der Waals surface area (Å²) < 4.78 is 43.6. The third-order valence-electron chi connectivity index (χ3n) is 5.56. The molecule has 2 fully saturated rings. The number of halogens is 4. The highest BCUT2D eigenvalue weighted by Gasteiger charge is 2.38. The van der Waals surface area contributed by atoms with Gasteiger partial charge in [-0.2, -0.15) is 13.2 Å². The molecule has 5 nitrogen and oxygen atoms in total. The van der Waals surface area contributed by atoms with E-state index in [1.54, 1.807) is 0 Å². The van der Waals surface area contributed by atoms with Gasteiger partial charge in [-0.05, 0) is 18.9 Å².